The molecule has 0 amide bonds. The van der Waals surface area contributed by atoms with E-state index in [1.54, 1.807) is 6.07 Å². The molecule has 5 nitrogen and oxygen atoms in total. The number of rotatable bonds is 5. The Labute approximate surface area is 125 Å². The number of hydrogen-bond donors (Lipinski definition) is 2. The maximum atomic E-state index is 13.5. The van der Waals surface area contributed by atoms with Crippen LogP contribution in [0, 0.1) is 12.7 Å². The molecule has 1 unspecified atom stereocenters. The monoisotopic (exact) mass is 342 g/mol. The number of anilines is 2. The SMILES string of the molecule is CCNC(C)c1nnc(Nc2cc(F)c(Br)cc2C)o1. The van der Waals surface area contributed by atoms with Crippen molar-refractivity contribution in [1.29, 1.82) is 0 Å². The van der Waals surface area contributed by atoms with E-state index in [4.69, 9.17) is 4.42 Å². The number of aryl methyl sites for hydroxylation is 1. The molecule has 108 valence electrons. The fourth-order valence-electron chi connectivity index (χ4n) is 1.75. The van der Waals surface area contributed by atoms with Gasteiger partial charge in [0.1, 0.15) is 5.82 Å². The van der Waals surface area contributed by atoms with Crippen molar-refractivity contribution in [3.8, 4) is 0 Å². The Morgan fingerprint density at radius 2 is 2.15 bits per heavy atom. The van der Waals surface area contributed by atoms with Crippen molar-refractivity contribution in [2.75, 3.05) is 11.9 Å². The van der Waals surface area contributed by atoms with Gasteiger partial charge in [0.25, 0.3) is 0 Å². The van der Waals surface area contributed by atoms with Crippen LogP contribution in [0.2, 0.25) is 0 Å². The topological polar surface area (TPSA) is 63.0 Å². The van der Waals surface area contributed by atoms with E-state index in [1.807, 2.05) is 20.8 Å². The fourth-order valence-corrected chi connectivity index (χ4v) is 2.21. The Balaban J connectivity index is 2.16. The van der Waals surface area contributed by atoms with Crippen molar-refractivity contribution in [2.45, 2.75) is 26.8 Å². The summed E-state index contributed by atoms with van der Waals surface area (Å²) >= 11 is 3.14. The van der Waals surface area contributed by atoms with Crippen LogP contribution >= 0.6 is 15.9 Å². The predicted molar refractivity (Wildman–Crippen MR) is 78.5 cm³/mol. The van der Waals surface area contributed by atoms with Gasteiger partial charge < -0.3 is 15.1 Å². The largest absolute Gasteiger partial charge is 0.406 e. The van der Waals surface area contributed by atoms with Gasteiger partial charge in [-0.05, 0) is 54.0 Å². The average Bonchev–Trinajstić information content (AvgIpc) is 2.85. The fraction of sp³-hybridized carbons (Fsp3) is 0.385. The summed E-state index contributed by atoms with van der Waals surface area (Å²) in [6.07, 6.45) is 0. The lowest BCUT2D eigenvalue weighted by atomic mass is 10.2. The Bertz CT molecular complexity index is 602. The molecule has 1 aromatic carbocycles. The Morgan fingerprint density at radius 3 is 2.85 bits per heavy atom. The molecule has 0 saturated carbocycles. The molecule has 2 aromatic rings. The van der Waals surface area contributed by atoms with Crippen molar-refractivity contribution < 1.29 is 8.81 Å². The third-order valence-electron chi connectivity index (χ3n) is 2.83. The van der Waals surface area contributed by atoms with E-state index < -0.39 is 0 Å². The first-order valence-electron chi connectivity index (χ1n) is 6.30. The van der Waals surface area contributed by atoms with Crippen LogP contribution in [0.4, 0.5) is 16.1 Å². The highest BCUT2D eigenvalue weighted by molar-refractivity contribution is 9.10. The normalized spacial score (nSPS) is 12.4. The van der Waals surface area contributed by atoms with Crippen LogP contribution < -0.4 is 10.6 Å². The van der Waals surface area contributed by atoms with Gasteiger partial charge in [0.05, 0.1) is 10.5 Å². The Kier molecular flexibility index (Phi) is 4.72. The molecule has 0 aliphatic carbocycles. The van der Waals surface area contributed by atoms with E-state index >= 15 is 0 Å². The molecule has 1 aromatic heterocycles. The molecular weight excluding hydrogens is 327 g/mol. The molecule has 1 atom stereocenters. The van der Waals surface area contributed by atoms with Crippen LogP contribution in [0.15, 0.2) is 21.0 Å². The minimum Gasteiger partial charge on any atom is -0.406 e. The van der Waals surface area contributed by atoms with Gasteiger partial charge in [-0.2, -0.15) is 0 Å². The molecule has 2 N–H and O–H groups in total. The summed E-state index contributed by atoms with van der Waals surface area (Å²) in [5, 5.41) is 14.0. The molecule has 20 heavy (non-hydrogen) atoms. The molecule has 0 aliphatic rings. The van der Waals surface area contributed by atoms with Crippen molar-refractivity contribution in [3.63, 3.8) is 0 Å². The van der Waals surface area contributed by atoms with E-state index in [9.17, 15) is 4.39 Å². The average molecular weight is 343 g/mol. The van der Waals surface area contributed by atoms with Gasteiger partial charge in [0, 0.05) is 5.69 Å². The third-order valence-corrected chi connectivity index (χ3v) is 3.44. The van der Waals surface area contributed by atoms with Crippen molar-refractivity contribution in [2.24, 2.45) is 0 Å². The highest BCUT2D eigenvalue weighted by Gasteiger charge is 2.14. The maximum absolute atomic E-state index is 13.5. The van der Waals surface area contributed by atoms with Gasteiger partial charge >= 0.3 is 6.01 Å². The van der Waals surface area contributed by atoms with Crippen LogP contribution in [0.25, 0.3) is 0 Å². The van der Waals surface area contributed by atoms with E-state index in [2.05, 4.69) is 36.8 Å². The summed E-state index contributed by atoms with van der Waals surface area (Å²) in [6.45, 7) is 6.61. The minimum absolute atomic E-state index is 0.0224. The highest BCUT2D eigenvalue weighted by Crippen LogP contribution is 2.26. The second-order valence-electron chi connectivity index (χ2n) is 4.43. The lowest BCUT2D eigenvalue weighted by Crippen LogP contribution is -2.17. The summed E-state index contributed by atoms with van der Waals surface area (Å²) < 4.78 is 19.5. The lowest BCUT2D eigenvalue weighted by Gasteiger charge is -2.08. The van der Waals surface area contributed by atoms with Gasteiger partial charge in [-0.25, -0.2) is 4.39 Å². The van der Waals surface area contributed by atoms with Gasteiger partial charge in [-0.1, -0.05) is 12.0 Å². The zero-order valence-corrected chi connectivity index (χ0v) is 13.1. The van der Waals surface area contributed by atoms with Gasteiger partial charge in [-0.15, -0.1) is 5.10 Å². The molecule has 0 bridgehead atoms. The van der Waals surface area contributed by atoms with Crippen LogP contribution in [0.5, 0.6) is 0 Å². The van der Waals surface area contributed by atoms with Gasteiger partial charge in [0.15, 0.2) is 0 Å². The summed E-state index contributed by atoms with van der Waals surface area (Å²) in [6, 6.07) is 3.30. The van der Waals surface area contributed by atoms with E-state index in [0.29, 0.717) is 16.1 Å². The minimum atomic E-state index is -0.348. The van der Waals surface area contributed by atoms with E-state index in [0.717, 1.165) is 12.1 Å². The quantitative estimate of drug-likeness (QED) is 0.867. The first kappa shape index (κ1) is 14.9. The molecule has 0 spiro atoms. The first-order chi connectivity index (χ1) is 9.51. The molecule has 1 heterocycles. The van der Waals surface area contributed by atoms with Crippen LogP contribution in [0.3, 0.4) is 0 Å². The van der Waals surface area contributed by atoms with Crippen LogP contribution in [-0.4, -0.2) is 16.7 Å². The molecule has 0 aliphatic heterocycles. The smallest absolute Gasteiger partial charge is 0.320 e. The van der Waals surface area contributed by atoms with Crippen molar-refractivity contribution in [3.05, 3.63) is 33.9 Å². The number of benzene rings is 1. The highest BCUT2D eigenvalue weighted by atomic mass is 79.9. The maximum Gasteiger partial charge on any atom is 0.320 e. The number of aromatic nitrogens is 2. The lowest BCUT2D eigenvalue weighted by molar-refractivity contribution is 0.430. The Morgan fingerprint density at radius 1 is 1.40 bits per heavy atom. The third kappa shape index (κ3) is 3.34. The molecule has 2 rings (SSSR count). The zero-order chi connectivity index (χ0) is 14.7. The molecule has 0 fully saturated rings. The number of hydrogen-bond acceptors (Lipinski definition) is 5. The first-order valence-corrected chi connectivity index (χ1v) is 7.10. The van der Waals surface area contributed by atoms with Crippen molar-refractivity contribution >= 4 is 27.6 Å². The predicted octanol–water partition coefficient (Wildman–Crippen LogP) is 3.69. The summed E-state index contributed by atoms with van der Waals surface area (Å²) in [4.78, 5) is 0. The van der Waals surface area contributed by atoms with E-state index in [-0.39, 0.29) is 17.9 Å². The van der Waals surface area contributed by atoms with Crippen LogP contribution in [0.1, 0.15) is 31.3 Å². The molecule has 0 saturated heterocycles. The number of halogens is 2. The Hall–Kier alpha value is -1.47. The summed E-state index contributed by atoms with van der Waals surface area (Å²) in [5.74, 6) is 0.142. The number of nitrogens with one attached hydrogen (secondary N) is 2. The van der Waals surface area contributed by atoms with Gasteiger partial charge in [0.2, 0.25) is 5.89 Å². The second kappa shape index (κ2) is 6.32. The van der Waals surface area contributed by atoms with Crippen molar-refractivity contribution in [1.82, 2.24) is 15.5 Å². The number of nitrogens with zero attached hydrogens (tertiary/aromatic N) is 2. The van der Waals surface area contributed by atoms with Gasteiger partial charge in [-0.3, -0.25) is 0 Å². The molecule has 7 heteroatoms. The van der Waals surface area contributed by atoms with Crippen LogP contribution in [-0.2, 0) is 0 Å². The standard InChI is InChI=1S/C13H16BrFN4O/c1-4-16-8(3)12-18-19-13(20-12)17-11-6-10(15)9(14)5-7(11)2/h5-6,8,16H,4H2,1-3H3,(H,17,19). The summed E-state index contributed by atoms with van der Waals surface area (Å²) in [5.41, 5.74) is 1.47. The second-order valence-corrected chi connectivity index (χ2v) is 5.29. The van der Waals surface area contributed by atoms with E-state index in [1.165, 1.54) is 6.07 Å². The molecule has 0 radical (unpaired) electrons. The molecular formula is C13H16BrFN4O. The summed E-state index contributed by atoms with van der Waals surface area (Å²) in [7, 11) is 0. The zero-order valence-electron chi connectivity index (χ0n) is 11.5.